The van der Waals surface area contributed by atoms with Gasteiger partial charge in [-0.3, -0.25) is 4.79 Å². The fourth-order valence-electron chi connectivity index (χ4n) is 1.52. The molecule has 5 heteroatoms. The SMILES string of the molecule is CCCCC(N)C(=O)Nc1ccc(OC)cc1O. The summed E-state index contributed by atoms with van der Waals surface area (Å²) < 4.78 is 4.96. The lowest BCUT2D eigenvalue weighted by molar-refractivity contribution is -0.117. The van der Waals surface area contributed by atoms with Gasteiger partial charge in [0.15, 0.2) is 0 Å². The van der Waals surface area contributed by atoms with Gasteiger partial charge in [-0.15, -0.1) is 0 Å². The molecule has 0 saturated carbocycles. The highest BCUT2D eigenvalue weighted by Gasteiger charge is 2.14. The standard InChI is InChI=1S/C13H20N2O3/c1-3-4-5-10(14)13(17)15-11-7-6-9(18-2)8-12(11)16/h6-8,10,16H,3-5,14H2,1-2H3,(H,15,17). The molecule has 1 amide bonds. The number of aromatic hydroxyl groups is 1. The fraction of sp³-hybridized carbons (Fsp3) is 0.462. The van der Waals surface area contributed by atoms with Crippen molar-refractivity contribution in [1.29, 1.82) is 0 Å². The minimum absolute atomic E-state index is 0.0367. The van der Waals surface area contributed by atoms with E-state index in [0.29, 0.717) is 17.9 Å². The molecule has 0 heterocycles. The normalized spacial score (nSPS) is 11.9. The van der Waals surface area contributed by atoms with Crippen LogP contribution in [0.3, 0.4) is 0 Å². The van der Waals surface area contributed by atoms with E-state index in [2.05, 4.69) is 5.32 Å². The summed E-state index contributed by atoms with van der Waals surface area (Å²) in [5.41, 5.74) is 6.08. The van der Waals surface area contributed by atoms with Crippen molar-refractivity contribution in [3.8, 4) is 11.5 Å². The lowest BCUT2D eigenvalue weighted by Crippen LogP contribution is -2.35. The molecule has 1 atom stereocenters. The summed E-state index contributed by atoms with van der Waals surface area (Å²) in [4.78, 5) is 11.7. The molecular formula is C13H20N2O3. The summed E-state index contributed by atoms with van der Waals surface area (Å²) in [7, 11) is 1.51. The number of hydrogen-bond donors (Lipinski definition) is 3. The maximum Gasteiger partial charge on any atom is 0.241 e. The van der Waals surface area contributed by atoms with E-state index in [0.717, 1.165) is 12.8 Å². The van der Waals surface area contributed by atoms with Crippen molar-refractivity contribution in [2.24, 2.45) is 5.73 Å². The molecule has 0 bridgehead atoms. The van der Waals surface area contributed by atoms with Gasteiger partial charge in [0, 0.05) is 6.07 Å². The molecule has 0 spiro atoms. The number of phenols is 1. The van der Waals surface area contributed by atoms with Gasteiger partial charge in [-0.05, 0) is 18.6 Å². The maximum absolute atomic E-state index is 11.7. The molecule has 0 aliphatic heterocycles. The zero-order valence-corrected chi connectivity index (χ0v) is 10.8. The second-order valence-corrected chi connectivity index (χ2v) is 4.12. The Kier molecular flexibility index (Phi) is 5.45. The van der Waals surface area contributed by atoms with Gasteiger partial charge >= 0.3 is 0 Å². The number of rotatable bonds is 6. The number of nitrogens with two attached hydrogens (primary N) is 1. The van der Waals surface area contributed by atoms with Crippen LogP contribution in [0.2, 0.25) is 0 Å². The van der Waals surface area contributed by atoms with Crippen molar-refractivity contribution in [2.75, 3.05) is 12.4 Å². The van der Waals surface area contributed by atoms with Gasteiger partial charge in [-0.1, -0.05) is 19.8 Å². The second-order valence-electron chi connectivity index (χ2n) is 4.12. The van der Waals surface area contributed by atoms with E-state index < -0.39 is 6.04 Å². The average Bonchev–Trinajstić information content (AvgIpc) is 2.38. The van der Waals surface area contributed by atoms with E-state index in [1.54, 1.807) is 12.1 Å². The van der Waals surface area contributed by atoms with Gasteiger partial charge in [-0.25, -0.2) is 0 Å². The summed E-state index contributed by atoms with van der Waals surface area (Å²) in [6.07, 6.45) is 2.54. The number of benzene rings is 1. The minimum atomic E-state index is -0.550. The smallest absolute Gasteiger partial charge is 0.241 e. The maximum atomic E-state index is 11.7. The van der Waals surface area contributed by atoms with Crippen molar-refractivity contribution in [3.63, 3.8) is 0 Å². The van der Waals surface area contributed by atoms with Crippen molar-refractivity contribution in [3.05, 3.63) is 18.2 Å². The monoisotopic (exact) mass is 252 g/mol. The number of ether oxygens (including phenoxy) is 1. The summed E-state index contributed by atoms with van der Waals surface area (Å²) >= 11 is 0. The Hall–Kier alpha value is -1.75. The first-order chi connectivity index (χ1) is 8.58. The molecule has 18 heavy (non-hydrogen) atoms. The van der Waals surface area contributed by atoms with Crippen LogP contribution in [0.5, 0.6) is 11.5 Å². The number of unbranched alkanes of at least 4 members (excludes halogenated alkanes) is 1. The van der Waals surface area contributed by atoms with Crippen LogP contribution in [-0.4, -0.2) is 24.2 Å². The molecular weight excluding hydrogens is 232 g/mol. The van der Waals surface area contributed by atoms with Crippen molar-refractivity contribution in [2.45, 2.75) is 32.2 Å². The van der Waals surface area contributed by atoms with Crippen LogP contribution in [0.4, 0.5) is 5.69 Å². The topological polar surface area (TPSA) is 84.6 Å². The number of methoxy groups -OCH3 is 1. The van der Waals surface area contributed by atoms with Gasteiger partial charge in [0.1, 0.15) is 11.5 Å². The highest BCUT2D eigenvalue weighted by atomic mass is 16.5. The predicted molar refractivity (Wildman–Crippen MR) is 70.8 cm³/mol. The number of carbonyl (C=O) groups excluding carboxylic acids is 1. The molecule has 1 aromatic carbocycles. The third-order valence-corrected chi connectivity index (χ3v) is 2.67. The van der Waals surface area contributed by atoms with Gasteiger partial charge in [0.25, 0.3) is 0 Å². The number of carbonyl (C=O) groups is 1. The van der Waals surface area contributed by atoms with Crippen LogP contribution in [-0.2, 0) is 4.79 Å². The van der Waals surface area contributed by atoms with Gasteiger partial charge in [0.2, 0.25) is 5.91 Å². The number of phenolic OH excluding ortho intramolecular Hbond substituents is 1. The Balaban J connectivity index is 2.64. The summed E-state index contributed by atoms with van der Waals surface area (Å²) in [5, 5.41) is 12.3. The first-order valence-corrected chi connectivity index (χ1v) is 6.02. The van der Waals surface area contributed by atoms with E-state index in [1.165, 1.54) is 13.2 Å². The van der Waals surface area contributed by atoms with Crippen LogP contribution in [0, 0.1) is 0 Å². The van der Waals surface area contributed by atoms with E-state index in [9.17, 15) is 9.90 Å². The first kappa shape index (κ1) is 14.3. The lowest BCUT2D eigenvalue weighted by Gasteiger charge is -2.13. The molecule has 0 fully saturated rings. The van der Waals surface area contributed by atoms with E-state index >= 15 is 0 Å². The molecule has 0 aliphatic carbocycles. The highest BCUT2D eigenvalue weighted by molar-refractivity contribution is 5.95. The average molecular weight is 252 g/mol. The Morgan fingerprint density at radius 3 is 2.83 bits per heavy atom. The van der Waals surface area contributed by atoms with Crippen LogP contribution in [0.25, 0.3) is 0 Å². The molecule has 0 aromatic heterocycles. The lowest BCUT2D eigenvalue weighted by atomic mass is 10.1. The number of anilines is 1. The molecule has 0 saturated heterocycles. The second kappa shape index (κ2) is 6.86. The molecule has 100 valence electrons. The summed E-state index contributed by atoms with van der Waals surface area (Å²) in [6, 6.07) is 4.13. The summed E-state index contributed by atoms with van der Waals surface area (Å²) in [6.45, 7) is 2.04. The zero-order chi connectivity index (χ0) is 13.5. The predicted octanol–water partition coefficient (Wildman–Crippen LogP) is 1.86. The third-order valence-electron chi connectivity index (χ3n) is 2.67. The molecule has 1 aromatic rings. The third kappa shape index (κ3) is 3.92. The van der Waals surface area contributed by atoms with Crippen LogP contribution in [0.1, 0.15) is 26.2 Å². The van der Waals surface area contributed by atoms with Gasteiger partial charge in [0.05, 0.1) is 18.8 Å². The molecule has 0 aliphatic rings. The molecule has 0 radical (unpaired) electrons. The van der Waals surface area contributed by atoms with E-state index in [1.807, 2.05) is 6.92 Å². The number of hydrogen-bond acceptors (Lipinski definition) is 4. The first-order valence-electron chi connectivity index (χ1n) is 6.02. The van der Waals surface area contributed by atoms with Gasteiger partial charge < -0.3 is 20.9 Å². The van der Waals surface area contributed by atoms with Crippen molar-refractivity contribution < 1.29 is 14.6 Å². The van der Waals surface area contributed by atoms with Crippen LogP contribution in [0.15, 0.2) is 18.2 Å². The molecule has 5 nitrogen and oxygen atoms in total. The summed E-state index contributed by atoms with van der Waals surface area (Å²) in [5.74, 6) is 0.204. The Morgan fingerprint density at radius 2 is 2.28 bits per heavy atom. The molecule has 4 N–H and O–H groups in total. The van der Waals surface area contributed by atoms with E-state index in [4.69, 9.17) is 10.5 Å². The molecule has 1 rings (SSSR count). The highest BCUT2D eigenvalue weighted by Crippen LogP contribution is 2.27. The number of nitrogens with one attached hydrogen (secondary N) is 1. The van der Waals surface area contributed by atoms with E-state index in [-0.39, 0.29) is 11.7 Å². The quantitative estimate of drug-likeness (QED) is 0.675. The van der Waals surface area contributed by atoms with Crippen LogP contribution >= 0.6 is 0 Å². The molecule has 1 unspecified atom stereocenters. The van der Waals surface area contributed by atoms with Crippen molar-refractivity contribution in [1.82, 2.24) is 0 Å². The Morgan fingerprint density at radius 1 is 1.56 bits per heavy atom. The van der Waals surface area contributed by atoms with Crippen LogP contribution < -0.4 is 15.8 Å². The van der Waals surface area contributed by atoms with Crippen molar-refractivity contribution >= 4 is 11.6 Å². The zero-order valence-electron chi connectivity index (χ0n) is 10.8. The van der Waals surface area contributed by atoms with Gasteiger partial charge in [-0.2, -0.15) is 0 Å². The largest absolute Gasteiger partial charge is 0.506 e. The fourth-order valence-corrected chi connectivity index (χ4v) is 1.52. The Labute approximate surface area is 107 Å². The number of amides is 1. The minimum Gasteiger partial charge on any atom is -0.506 e. The Bertz CT molecular complexity index is 407.